The zero-order valence-electron chi connectivity index (χ0n) is 11.2. The number of hydrogen-bond acceptors (Lipinski definition) is 3. The van der Waals surface area contributed by atoms with Crippen LogP contribution < -0.4 is 0 Å². The van der Waals surface area contributed by atoms with Crippen molar-refractivity contribution in [2.45, 2.75) is 18.3 Å². The molecule has 0 aliphatic heterocycles. The van der Waals surface area contributed by atoms with Gasteiger partial charge in [-0.25, -0.2) is 4.79 Å². The molecule has 20 heavy (non-hydrogen) atoms. The van der Waals surface area contributed by atoms with E-state index in [4.69, 9.17) is 9.84 Å². The van der Waals surface area contributed by atoms with E-state index in [9.17, 15) is 4.79 Å². The van der Waals surface area contributed by atoms with Crippen LogP contribution in [0.4, 0.5) is 0 Å². The third-order valence-corrected chi connectivity index (χ3v) is 3.85. The number of carboxylic acids is 1. The molecule has 3 rings (SSSR count). The normalized spacial score (nSPS) is 16.1. The first kappa shape index (κ1) is 12.9. The largest absolute Gasteiger partial charge is 0.477 e. The predicted octanol–water partition coefficient (Wildman–Crippen LogP) is 2.45. The highest BCUT2D eigenvalue weighted by atomic mass is 16.5. The number of rotatable bonds is 5. The molecule has 1 aromatic heterocycles. The van der Waals surface area contributed by atoms with Crippen molar-refractivity contribution in [2.75, 3.05) is 13.7 Å². The molecule has 0 spiro atoms. The van der Waals surface area contributed by atoms with Crippen molar-refractivity contribution < 1.29 is 14.6 Å². The van der Waals surface area contributed by atoms with E-state index in [2.05, 4.69) is 22.3 Å². The highest BCUT2D eigenvalue weighted by Crippen LogP contribution is 2.48. The number of aromatic amines is 1. The minimum atomic E-state index is -1.00. The highest BCUT2D eigenvalue weighted by molar-refractivity contribution is 5.86. The molecule has 0 unspecified atom stereocenters. The van der Waals surface area contributed by atoms with Gasteiger partial charge in [0, 0.05) is 18.1 Å². The van der Waals surface area contributed by atoms with Gasteiger partial charge in [0.2, 0.25) is 0 Å². The fourth-order valence-electron chi connectivity index (χ4n) is 2.53. The summed E-state index contributed by atoms with van der Waals surface area (Å²) in [6, 6.07) is 9.65. The van der Waals surface area contributed by atoms with Gasteiger partial charge >= 0.3 is 5.97 Å². The molecule has 0 saturated heterocycles. The van der Waals surface area contributed by atoms with Gasteiger partial charge in [0.25, 0.3) is 0 Å². The van der Waals surface area contributed by atoms with Crippen LogP contribution in [0.2, 0.25) is 0 Å². The smallest absolute Gasteiger partial charge is 0.353 e. The second-order valence-corrected chi connectivity index (χ2v) is 5.27. The molecule has 5 nitrogen and oxygen atoms in total. The lowest BCUT2D eigenvalue weighted by Gasteiger charge is -2.15. The Morgan fingerprint density at radius 1 is 1.45 bits per heavy atom. The number of nitrogens with one attached hydrogen (secondary N) is 1. The Bertz CT molecular complexity index is 644. The van der Waals surface area contributed by atoms with Crippen LogP contribution in [0, 0.1) is 0 Å². The average Bonchev–Trinajstić information content (AvgIpc) is 3.05. The van der Waals surface area contributed by atoms with Gasteiger partial charge in [-0.1, -0.05) is 18.2 Å². The molecule has 1 aliphatic carbocycles. The number of hydrogen-bond donors (Lipinski definition) is 2. The number of H-pyrrole nitrogens is 1. The van der Waals surface area contributed by atoms with Gasteiger partial charge in [0.1, 0.15) is 5.69 Å². The molecule has 0 atom stereocenters. The minimum absolute atomic E-state index is 0.100. The molecule has 0 amide bonds. The van der Waals surface area contributed by atoms with Gasteiger partial charge in [-0.15, -0.1) is 0 Å². The summed E-state index contributed by atoms with van der Waals surface area (Å²) in [5.41, 5.74) is 3.04. The third kappa shape index (κ3) is 2.20. The first-order valence-electron chi connectivity index (χ1n) is 6.53. The number of ether oxygens (including phenoxy) is 1. The van der Waals surface area contributed by atoms with Crippen molar-refractivity contribution in [1.82, 2.24) is 10.2 Å². The lowest BCUT2D eigenvalue weighted by atomic mass is 9.94. The van der Waals surface area contributed by atoms with Crippen molar-refractivity contribution in [3.05, 3.63) is 41.6 Å². The van der Waals surface area contributed by atoms with Crippen molar-refractivity contribution in [3.63, 3.8) is 0 Å². The van der Waals surface area contributed by atoms with Crippen LogP contribution in [-0.4, -0.2) is 35.0 Å². The van der Waals surface area contributed by atoms with E-state index in [1.807, 2.05) is 12.1 Å². The van der Waals surface area contributed by atoms with E-state index in [-0.39, 0.29) is 11.1 Å². The molecule has 0 bridgehead atoms. The fourth-order valence-corrected chi connectivity index (χ4v) is 2.53. The topological polar surface area (TPSA) is 75.2 Å². The summed E-state index contributed by atoms with van der Waals surface area (Å²) in [5.74, 6) is -1.00. The number of carbonyl (C=O) groups is 1. The monoisotopic (exact) mass is 272 g/mol. The Hall–Kier alpha value is -2.14. The van der Waals surface area contributed by atoms with Crippen LogP contribution in [-0.2, 0) is 10.2 Å². The molecular formula is C15H16N2O3. The first-order chi connectivity index (χ1) is 9.64. The van der Waals surface area contributed by atoms with Gasteiger partial charge in [0.15, 0.2) is 0 Å². The SMILES string of the molecule is COCC1(c2cccc(-c3cc(C(=O)O)[nH]n3)c2)CC1. The van der Waals surface area contributed by atoms with Gasteiger partial charge in [-0.05, 0) is 30.5 Å². The van der Waals surface area contributed by atoms with Crippen LogP contribution in [0.1, 0.15) is 28.9 Å². The van der Waals surface area contributed by atoms with Crippen LogP contribution in [0.3, 0.4) is 0 Å². The quantitative estimate of drug-likeness (QED) is 0.876. The minimum Gasteiger partial charge on any atom is -0.477 e. The first-order valence-corrected chi connectivity index (χ1v) is 6.53. The van der Waals surface area contributed by atoms with E-state index in [1.54, 1.807) is 13.2 Å². The van der Waals surface area contributed by atoms with Gasteiger partial charge < -0.3 is 9.84 Å². The number of aromatic carboxylic acids is 1. The molecule has 1 saturated carbocycles. The molecule has 2 aromatic rings. The molecule has 1 fully saturated rings. The number of benzene rings is 1. The summed E-state index contributed by atoms with van der Waals surface area (Å²) in [5, 5.41) is 15.5. The van der Waals surface area contributed by atoms with E-state index in [0.29, 0.717) is 5.69 Å². The van der Waals surface area contributed by atoms with Gasteiger partial charge in [-0.3, -0.25) is 5.10 Å². The van der Waals surface area contributed by atoms with Crippen LogP contribution >= 0.6 is 0 Å². The molecule has 1 heterocycles. The van der Waals surface area contributed by atoms with Gasteiger partial charge in [0.05, 0.1) is 12.3 Å². The predicted molar refractivity (Wildman–Crippen MR) is 73.8 cm³/mol. The zero-order valence-corrected chi connectivity index (χ0v) is 11.2. The zero-order chi connectivity index (χ0) is 14.2. The standard InChI is InChI=1S/C15H16N2O3/c1-20-9-15(5-6-15)11-4-2-3-10(7-11)12-8-13(14(18)19)17-16-12/h2-4,7-8H,5-6,9H2,1H3,(H,16,17)(H,18,19). The number of nitrogens with zero attached hydrogens (tertiary/aromatic N) is 1. The Labute approximate surface area is 116 Å². The summed E-state index contributed by atoms with van der Waals surface area (Å²) in [6.07, 6.45) is 2.26. The van der Waals surface area contributed by atoms with Crippen LogP contribution in [0.5, 0.6) is 0 Å². The Kier molecular flexibility index (Phi) is 3.06. The van der Waals surface area contributed by atoms with Crippen molar-refractivity contribution >= 4 is 5.97 Å². The van der Waals surface area contributed by atoms with Crippen molar-refractivity contribution in [1.29, 1.82) is 0 Å². The van der Waals surface area contributed by atoms with E-state index in [1.165, 1.54) is 5.56 Å². The lowest BCUT2D eigenvalue weighted by molar-refractivity contribution is 0.0690. The average molecular weight is 272 g/mol. The summed E-state index contributed by atoms with van der Waals surface area (Å²) in [6.45, 7) is 0.720. The summed E-state index contributed by atoms with van der Waals surface area (Å²) in [7, 11) is 1.72. The van der Waals surface area contributed by atoms with E-state index >= 15 is 0 Å². The molecule has 1 aromatic carbocycles. The van der Waals surface area contributed by atoms with Crippen LogP contribution in [0.15, 0.2) is 30.3 Å². The third-order valence-electron chi connectivity index (χ3n) is 3.85. The lowest BCUT2D eigenvalue weighted by Crippen LogP contribution is -2.13. The maximum Gasteiger partial charge on any atom is 0.353 e. The number of carboxylic acid groups (broad SMARTS) is 1. The second-order valence-electron chi connectivity index (χ2n) is 5.27. The summed E-state index contributed by atoms with van der Waals surface area (Å²) < 4.78 is 5.31. The van der Waals surface area contributed by atoms with Crippen molar-refractivity contribution in [2.24, 2.45) is 0 Å². The summed E-state index contributed by atoms with van der Waals surface area (Å²) >= 11 is 0. The highest BCUT2D eigenvalue weighted by Gasteiger charge is 2.44. The Morgan fingerprint density at radius 3 is 2.85 bits per heavy atom. The molecule has 1 aliphatic rings. The maximum absolute atomic E-state index is 10.9. The summed E-state index contributed by atoms with van der Waals surface area (Å²) in [4.78, 5) is 10.9. The molecule has 0 radical (unpaired) electrons. The Balaban J connectivity index is 1.93. The molecule has 104 valence electrons. The maximum atomic E-state index is 10.9. The fraction of sp³-hybridized carbons (Fsp3) is 0.333. The van der Waals surface area contributed by atoms with E-state index < -0.39 is 5.97 Å². The second kappa shape index (κ2) is 4.76. The van der Waals surface area contributed by atoms with Crippen LogP contribution in [0.25, 0.3) is 11.3 Å². The molecule has 2 N–H and O–H groups in total. The number of methoxy groups -OCH3 is 1. The van der Waals surface area contributed by atoms with Crippen molar-refractivity contribution in [3.8, 4) is 11.3 Å². The molecule has 5 heteroatoms. The van der Waals surface area contributed by atoms with Gasteiger partial charge in [-0.2, -0.15) is 5.10 Å². The number of aromatic nitrogens is 2. The Morgan fingerprint density at radius 2 is 2.25 bits per heavy atom. The van der Waals surface area contributed by atoms with E-state index in [0.717, 1.165) is 25.0 Å². The molecular weight excluding hydrogens is 256 g/mol.